The first-order valence-electron chi connectivity index (χ1n) is 6.91. The maximum Gasteiger partial charge on any atom is 0.303 e. The summed E-state index contributed by atoms with van der Waals surface area (Å²) in [6.07, 6.45) is 3.91. The first-order chi connectivity index (χ1) is 9.99. The van der Waals surface area contributed by atoms with Gasteiger partial charge in [0.1, 0.15) is 0 Å². The normalized spacial score (nSPS) is 18.5. The Hall–Kier alpha value is -1.38. The number of anilines is 1. The smallest absolute Gasteiger partial charge is 0.303 e. The van der Waals surface area contributed by atoms with Gasteiger partial charge in [-0.2, -0.15) is 0 Å². The van der Waals surface area contributed by atoms with E-state index in [9.17, 15) is 14.9 Å². The number of carboxylic acid groups (broad SMARTS) is 1. The molecule has 1 N–H and O–H groups in total. The van der Waals surface area contributed by atoms with Crippen LogP contribution in [0.4, 0.5) is 11.4 Å². The van der Waals surface area contributed by atoms with Crippen LogP contribution >= 0.6 is 22.6 Å². The third-order valence-corrected chi connectivity index (χ3v) is 4.63. The average molecular weight is 404 g/mol. The monoisotopic (exact) mass is 404 g/mol. The quantitative estimate of drug-likeness (QED) is 0.462. The van der Waals surface area contributed by atoms with Crippen molar-refractivity contribution < 1.29 is 14.8 Å². The number of non-ortho nitro benzene ring substituents is 1. The number of hydrogen-bond donors (Lipinski definition) is 1. The predicted octanol–water partition coefficient (Wildman–Crippen LogP) is 3.42. The van der Waals surface area contributed by atoms with Crippen molar-refractivity contribution in [2.45, 2.75) is 38.1 Å². The molecule has 1 aromatic carbocycles. The minimum absolute atomic E-state index is 0.0854. The molecule has 1 heterocycles. The molecule has 1 aliphatic rings. The molecule has 0 aromatic heterocycles. The lowest BCUT2D eigenvalue weighted by Crippen LogP contribution is -2.40. The zero-order valence-corrected chi connectivity index (χ0v) is 13.7. The van der Waals surface area contributed by atoms with Crippen LogP contribution in [-0.4, -0.2) is 28.6 Å². The third-order valence-electron chi connectivity index (χ3n) is 3.77. The summed E-state index contributed by atoms with van der Waals surface area (Å²) >= 11 is 2.11. The van der Waals surface area contributed by atoms with Crippen molar-refractivity contribution >= 4 is 39.9 Å². The maximum absolute atomic E-state index is 10.8. The van der Waals surface area contributed by atoms with Crippen LogP contribution in [0.2, 0.25) is 0 Å². The molecular formula is C14H17IN2O4. The van der Waals surface area contributed by atoms with Gasteiger partial charge in [-0.1, -0.05) is 0 Å². The lowest BCUT2D eigenvalue weighted by atomic mass is 9.97. The Morgan fingerprint density at radius 3 is 2.86 bits per heavy atom. The van der Waals surface area contributed by atoms with Gasteiger partial charge in [0.05, 0.1) is 10.6 Å². The fraction of sp³-hybridized carbons (Fsp3) is 0.500. The average Bonchev–Trinajstić information content (AvgIpc) is 2.45. The van der Waals surface area contributed by atoms with E-state index in [1.54, 1.807) is 12.1 Å². The van der Waals surface area contributed by atoms with Crippen LogP contribution in [0.15, 0.2) is 18.2 Å². The van der Waals surface area contributed by atoms with Crippen LogP contribution in [0.25, 0.3) is 0 Å². The number of halogens is 1. The molecule has 0 aliphatic carbocycles. The molecule has 0 spiro atoms. The minimum atomic E-state index is -0.779. The molecule has 0 radical (unpaired) electrons. The molecule has 7 heteroatoms. The summed E-state index contributed by atoms with van der Waals surface area (Å²) in [7, 11) is 0. The van der Waals surface area contributed by atoms with Gasteiger partial charge in [0.25, 0.3) is 5.69 Å². The van der Waals surface area contributed by atoms with E-state index in [4.69, 9.17) is 5.11 Å². The van der Waals surface area contributed by atoms with Crippen molar-refractivity contribution in [1.82, 2.24) is 0 Å². The summed E-state index contributed by atoms with van der Waals surface area (Å²) in [6, 6.07) is 5.06. The number of nitrogens with zero attached hydrogens (tertiary/aromatic N) is 2. The van der Waals surface area contributed by atoms with Crippen LogP contribution in [-0.2, 0) is 4.79 Å². The standard InChI is InChI=1S/C14H17IN2O4/c15-12-9-11(17(20)21)4-6-13(12)16-8-2-1-3-10(16)5-7-14(18)19/h4,6,9-10H,1-3,5,7-8H2,(H,18,19). The first-order valence-corrected chi connectivity index (χ1v) is 7.99. The van der Waals surface area contributed by atoms with Crippen LogP contribution < -0.4 is 4.90 Å². The molecule has 0 saturated carbocycles. The van der Waals surface area contributed by atoms with Gasteiger partial charge in [-0.3, -0.25) is 14.9 Å². The van der Waals surface area contributed by atoms with Crippen molar-refractivity contribution in [3.8, 4) is 0 Å². The number of carbonyl (C=O) groups is 1. The molecule has 1 aliphatic heterocycles. The summed E-state index contributed by atoms with van der Waals surface area (Å²) in [5.74, 6) is -0.779. The van der Waals surface area contributed by atoms with Gasteiger partial charge in [0.2, 0.25) is 0 Å². The van der Waals surface area contributed by atoms with E-state index in [2.05, 4.69) is 27.5 Å². The fourth-order valence-corrected chi connectivity index (χ4v) is 3.56. The van der Waals surface area contributed by atoms with Gasteiger partial charge in [-0.15, -0.1) is 0 Å². The number of piperidine rings is 1. The molecule has 21 heavy (non-hydrogen) atoms. The minimum Gasteiger partial charge on any atom is -0.481 e. The van der Waals surface area contributed by atoms with Crippen molar-refractivity contribution in [2.24, 2.45) is 0 Å². The highest BCUT2D eigenvalue weighted by atomic mass is 127. The predicted molar refractivity (Wildman–Crippen MR) is 87.7 cm³/mol. The Morgan fingerprint density at radius 1 is 1.48 bits per heavy atom. The van der Waals surface area contributed by atoms with E-state index in [0.29, 0.717) is 6.42 Å². The van der Waals surface area contributed by atoms with Gasteiger partial charge < -0.3 is 10.0 Å². The van der Waals surface area contributed by atoms with Crippen LogP contribution in [0, 0.1) is 13.7 Å². The second-order valence-corrected chi connectivity index (χ2v) is 6.33. The molecule has 6 nitrogen and oxygen atoms in total. The van der Waals surface area contributed by atoms with E-state index >= 15 is 0 Å². The van der Waals surface area contributed by atoms with Gasteiger partial charge in [0.15, 0.2) is 0 Å². The number of hydrogen-bond acceptors (Lipinski definition) is 4. The molecule has 1 unspecified atom stereocenters. The number of nitro groups is 1. The third kappa shape index (κ3) is 4.05. The molecule has 0 amide bonds. The largest absolute Gasteiger partial charge is 0.481 e. The van der Waals surface area contributed by atoms with E-state index in [1.807, 2.05) is 0 Å². The van der Waals surface area contributed by atoms with Crippen molar-refractivity contribution in [3.63, 3.8) is 0 Å². The second-order valence-electron chi connectivity index (χ2n) is 5.17. The number of aliphatic carboxylic acids is 1. The number of carboxylic acids is 1. The van der Waals surface area contributed by atoms with Crippen LogP contribution in [0.3, 0.4) is 0 Å². The Kier molecular flexibility index (Phi) is 5.38. The first kappa shape index (κ1) is 16.0. The Morgan fingerprint density at radius 2 is 2.24 bits per heavy atom. The van der Waals surface area contributed by atoms with E-state index in [-0.39, 0.29) is 18.2 Å². The van der Waals surface area contributed by atoms with Gasteiger partial charge >= 0.3 is 5.97 Å². The molecule has 1 fully saturated rings. The van der Waals surface area contributed by atoms with Gasteiger partial charge in [-0.05, 0) is 54.3 Å². The molecule has 0 bridgehead atoms. The Labute approximate surface area is 136 Å². The highest BCUT2D eigenvalue weighted by Gasteiger charge is 2.25. The molecular weight excluding hydrogens is 387 g/mol. The van der Waals surface area contributed by atoms with Crippen molar-refractivity contribution in [1.29, 1.82) is 0 Å². The second kappa shape index (κ2) is 7.06. The summed E-state index contributed by atoms with van der Waals surface area (Å²) < 4.78 is 0.837. The number of rotatable bonds is 5. The Bertz CT molecular complexity index is 550. The van der Waals surface area contributed by atoms with Crippen molar-refractivity contribution in [3.05, 3.63) is 31.9 Å². The van der Waals surface area contributed by atoms with E-state index < -0.39 is 10.9 Å². The zero-order chi connectivity index (χ0) is 15.4. The number of nitro benzene ring substituents is 1. The Balaban J connectivity index is 2.20. The fourth-order valence-electron chi connectivity index (χ4n) is 2.75. The van der Waals surface area contributed by atoms with Gasteiger partial charge in [-0.25, -0.2) is 0 Å². The summed E-state index contributed by atoms with van der Waals surface area (Å²) in [4.78, 5) is 23.4. The van der Waals surface area contributed by atoms with E-state index in [0.717, 1.165) is 35.1 Å². The summed E-state index contributed by atoms with van der Waals surface area (Å²) in [6.45, 7) is 0.873. The highest BCUT2D eigenvalue weighted by Crippen LogP contribution is 2.32. The lowest BCUT2D eigenvalue weighted by Gasteiger charge is -2.38. The van der Waals surface area contributed by atoms with E-state index in [1.165, 1.54) is 6.07 Å². The zero-order valence-electron chi connectivity index (χ0n) is 11.5. The topological polar surface area (TPSA) is 83.7 Å². The molecule has 1 saturated heterocycles. The SMILES string of the molecule is O=C(O)CCC1CCCCN1c1ccc([N+](=O)[O-])cc1I. The van der Waals surface area contributed by atoms with Crippen LogP contribution in [0.5, 0.6) is 0 Å². The molecule has 1 aromatic rings. The van der Waals surface area contributed by atoms with Gasteiger partial charge in [0, 0.05) is 34.7 Å². The molecule has 1 atom stereocenters. The maximum atomic E-state index is 10.8. The lowest BCUT2D eigenvalue weighted by molar-refractivity contribution is -0.384. The van der Waals surface area contributed by atoms with Crippen molar-refractivity contribution in [2.75, 3.05) is 11.4 Å². The highest BCUT2D eigenvalue weighted by molar-refractivity contribution is 14.1. The molecule has 114 valence electrons. The number of benzene rings is 1. The summed E-state index contributed by atoms with van der Waals surface area (Å²) in [5, 5.41) is 19.7. The molecule has 2 rings (SSSR count). The summed E-state index contributed by atoms with van der Waals surface area (Å²) in [5.41, 5.74) is 1.05. The van der Waals surface area contributed by atoms with Crippen LogP contribution in [0.1, 0.15) is 32.1 Å².